The Morgan fingerprint density at radius 1 is 0.905 bits per heavy atom. The summed E-state index contributed by atoms with van der Waals surface area (Å²) in [7, 11) is 0.365. The van der Waals surface area contributed by atoms with Crippen LogP contribution in [-0.4, -0.2) is 65.7 Å². The topological polar surface area (TPSA) is 96.9 Å². The summed E-state index contributed by atoms with van der Waals surface area (Å²) in [4.78, 5) is 30.0. The van der Waals surface area contributed by atoms with E-state index in [1.54, 1.807) is 32.4 Å². The third kappa shape index (κ3) is 5.84. The molecule has 3 aromatic carbocycles. The molecule has 1 fully saturated rings. The van der Waals surface area contributed by atoms with Crippen LogP contribution in [0, 0.1) is 6.92 Å². The molecule has 0 bridgehead atoms. The summed E-state index contributed by atoms with van der Waals surface area (Å²) in [6.07, 6.45) is 0.223. The average molecular weight is 589 g/mol. The van der Waals surface area contributed by atoms with E-state index in [1.807, 2.05) is 54.6 Å². The predicted molar refractivity (Wildman–Crippen MR) is 164 cm³/mol. The van der Waals surface area contributed by atoms with E-state index >= 15 is 0 Å². The first-order valence-electron chi connectivity index (χ1n) is 13.9. The Hall–Kier alpha value is -3.59. The van der Waals surface area contributed by atoms with Gasteiger partial charge in [0.25, 0.3) is 13.1 Å². The molecule has 5 rings (SSSR count). The average Bonchev–Trinajstić information content (AvgIpc) is 3.00. The SMILES string of the molecule is Cc1cn([C@H]2CN(C(c3ccccc3)(c3ccccc3)c3ccccc3)C[C@@H](COP(C)(=O)N(C)C)O2)c(=O)[nH]c1=O. The molecule has 220 valence electrons. The molecular formula is C32H37N4O5P. The molecular weight excluding hydrogens is 551 g/mol. The van der Waals surface area contributed by atoms with E-state index in [9.17, 15) is 14.2 Å². The molecule has 1 aromatic heterocycles. The summed E-state index contributed by atoms with van der Waals surface area (Å²) >= 11 is 0. The number of H-pyrrole nitrogens is 1. The van der Waals surface area contributed by atoms with Gasteiger partial charge in [0.1, 0.15) is 0 Å². The highest BCUT2D eigenvalue weighted by atomic mass is 31.2. The van der Waals surface area contributed by atoms with E-state index in [1.165, 1.54) is 10.8 Å². The molecule has 3 atom stereocenters. The van der Waals surface area contributed by atoms with Crippen molar-refractivity contribution in [3.8, 4) is 0 Å². The highest BCUT2D eigenvalue weighted by Crippen LogP contribution is 2.47. The summed E-state index contributed by atoms with van der Waals surface area (Å²) in [5.41, 5.74) is 1.76. The number of morpholine rings is 1. The number of nitrogens with one attached hydrogen (secondary N) is 1. The van der Waals surface area contributed by atoms with Crippen LogP contribution in [0.25, 0.3) is 0 Å². The summed E-state index contributed by atoms with van der Waals surface area (Å²) < 4.78 is 28.6. The fourth-order valence-corrected chi connectivity index (χ4v) is 6.23. The van der Waals surface area contributed by atoms with Crippen LogP contribution in [-0.2, 0) is 19.4 Å². The second kappa shape index (κ2) is 12.3. The molecule has 4 aromatic rings. The van der Waals surface area contributed by atoms with Gasteiger partial charge in [-0.1, -0.05) is 91.0 Å². The first kappa shape index (κ1) is 29.9. The van der Waals surface area contributed by atoms with Crippen LogP contribution in [0.2, 0.25) is 0 Å². The van der Waals surface area contributed by atoms with Gasteiger partial charge < -0.3 is 9.26 Å². The number of nitrogens with zero attached hydrogens (tertiary/aromatic N) is 3. The molecule has 1 N–H and O–H groups in total. The van der Waals surface area contributed by atoms with E-state index in [2.05, 4.69) is 46.3 Å². The van der Waals surface area contributed by atoms with Crippen molar-refractivity contribution in [2.24, 2.45) is 0 Å². The molecule has 1 aliphatic rings. The second-order valence-corrected chi connectivity index (χ2v) is 13.5. The molecule has 0 spiro atoms. The number of ether oxygens (including phenoxy) is 1. The van der Waals surface area contributed by atoms with Crippen molar-refractivity contribution >= 4 is 7.52 Å². The van der Waals surface area contributed by atoms with Gasteiger partial charge in [-0.15, -0.1) is 0 Å². The highest BCUT2D eigenvalue weighted by Gasteiger charge is 2.46. The van der Waals surface area contributed by atoms with Gasteiger partial charge in [0.05, 0.1) is 18.2 Å². The first-order chi connectivity index (χ1) is 20.1. The molecule has 0 saturated carbocycles. The summed E-state index contributed by atoms with van der Waals surface area (Å²) in [6.45, 7) is 4.01. The minimum absolute atomic E-state index is 0.0461. The van der Waals surface area contributed by atoms with Gasteiger partial charge in [0, 0.05) is 31.5 Å². The van der Waals surface area contributed by atoms with Crippen molar-refractivity contribution in [2.45, 2.75) is 24.8 Å². The molecule has 0 amide bonds. The highest BCUT2D eigenvalue weighted by molar-refractivity contribution is 7.55. The Morgan fingerprint density at radius 2 is 1.40 bits per heavy atom. The van der Waals surface area contributed by atoms with Gasteiger partial charge in [-0.05, 0) is 37.7 Å². The normalized spacial score (nSPS) is 19.5. The quantitative estimate of drug-likeness (QED) is 0.228. The molecule has 0 radical (unpaired) electrons. The molecule has 2 heterocycles. The van der Waals surface area contributed by atoms with Crippen LogP contribution in [0.1, 0.15) is 28.5 Å². The lowest BCUT2D eigenvalue weighted by atomic mass is 9.75. The number of hydrogen-bond acceptors (Lipinski definition) is 6. The van der Waals surface area contributed by atoms with Crippen molar-refractivity contribution in [3.63, 3.8) is 0 Å². The lowest BCUT2D eigenvalue weighted by molar-refractivity contribution is -0.148. The smallest absolute Gasteiger partial charge is 0.330 e. The van der Waals surface area contributed by atoms with Crippen LogP contribution in [0.4, 0.5) is 0 Å². The Morgan fingerprint density at radius 3 is 1.88 bits per heavy atom. The van der Waals surface area contributed by atoms with Crippen LogP contribution in [0.5, 0.6) is 0 Å². The Labute approximate surface area is 245 Å². The fourth-order valence-electron chi connectivity index (χ4n) is 5.56. The fraction of sp³-hybridized carbons (Fsp3) is 0.312. The van der Waals surface area contributed by atoms with Crippen molar-refractivity contribution in [2.75, 3.05) is 40.5 Å². The predicted octanol–water partition coefficient (Wildman–Crippen LogP) is 4.44. The Bertz CT molecular complexity index is 1560. The maximum absolute atomic E-state index is 13.1. The van der Waals surface area contributed by atoms with Crippen LogP contribution >= 0.6 is 7.52 Å². The van der Waals surface area contributed by atoms with Crippen molar-refractivity contribution in [1.29, 1.82) is 0 Å². The Balaban J connectivity index is 1.70. The van der Waals surface area contributed by atoms with E-state index in [4.69, 9.17) is 9.26 Å². The van der Waals surface area contributed by atoms with Crippen molar-refractivity contribution < 1.29 is 13.8 Å². The number of rotatable bonds is 9. The molecule has 1 saturated heterocycles. The van der Waals surface area contributed by atoms with Crippen LogP contribution in [0.3, 0.4) is 0 Å². The number of hydrogen-bond donors (Lipinski definition) is 1. The maximum atomic E-state index is 13.1. The monoisotopic (exact) mass is 588 g/mol. The zero-order valence-corrected chi connectivity index (χ0v) is 25.2. The number of aromatic nitrogens is 2. The van der Waals surface area contributed by atoms with Crippen LogP contribution in [0.15, 0.2) is 107 Å². The minimum atomic E-state index is -3.06. The standard InChI is InChI=1S/C32H37N4O5P/c1-24-20-36(31(38)33-30(24)37)29-22-35(21-28(41-29)23-40-42(4,39)34(2)3)32(25-14-8-5-9-15-25,26-16-10-6-11-17-26)27-18-12-7-13-19-27/h5-20,28-29H,21-23H2,1-4H3,(H,33,37,38)/t28-,29+,42?/m0/s1. The van der Waals surface area contributed by atoms with Gasteiger partial charge in [0.15, 0.2) is 6.23 Å². The maximum Gasteiger partial charge on any atom is 0.330 e. The zero-order chi connectivity index (χ0) is 29.9. The number of aryl methyl sites for hydroxylation is 1. The molecule has 1 unspecified atom stereocenters. The molecule has 0 aliphatic carbocycles. The van der Waals surface area contributed by atoms with Gasteiger partial charge in [0.2, 0.25) is 0 Å². The summed E-state index contributed by atoms with van der Waals surface area (Å²) in [6, 6.07) is 30.8. The molecule has 1 aliphatic heterocycles. The van der Waals surface area contributed by atoms with Gasteiger partial charge in [-0.2, -0.15) is 0 Å². The van der Waals surface area contributed by atoms with Gasteiger partial charge in [-0.25, -0.2) is 9.46 Å². The van der Waals surface area contributed by atoms with Gasteiger partial charge in [-0.3, -0.25) is 23.8 Å². The first-order valence-corrected chi connectivity index (χ1v) is 15.9. The van der Waals surface area contributed by atoms with Crippen molar-refractivity contribution in [1.82, 2.24) is 19.1 Å². The third-order valence-electron chi connectivity index (χ3n) is 7.88. The minimum Gasteiger partial charge on any atom is -0.350 e. The van der Waals surface area contributed by atoms with E-state index in [0.29, 0.717) is 18.7 Å². The van der Waals surface area contributed by atoms with E-state index < -0.39 is 36.6 Å². The van der Waals surface area contributed by atoms with E-state index in [-0.39, 0.29) is 6.61 Å². The van der Waals surface area contributed by atoms with Crippen molar-refractivity contribution in [3.05, 3.63) is 140 Å². The van der Waals surface area contributed by atoms with Crippen LogP contribution < -0.4 is 11.2 Å². The largest absolute Gasteiger partial charge is 0.350 e. The Kier molecular flexibility index (Phi) is 8.78. The molecule has 10 heteroatoms. The molecule has 42 heavy (non-hydrogen) atoms. The number of aromatic amines is 1. The lowest BCUT2D eigenvalue weighted by Crippen LogP contribution is -2.58. The number of benzene rings is 3. The summed E-state index contributed by atoms with van der Waals surface area (Å²) in [5, 5.41) is 0. The zero-order valence-electron chi connectivity index (χ0n) is 24.3. The second-order valence-electron chi connectivity index (χ2n) is 10.9. The summed E-state index contributed by atoms with van der Waals surface area (Å²) in [5.74, 6) is 0. The molecule has 9 nitrogen and oxygen atoms in total. The van der Waals surface area contributed by atoms with Gasteiger partial charge >= 0.3 is 5.69 Å². The third-order valence-corrected chi connectivity index (χ3v) is 9.96. The lowest BCUT2D eigenvalue weighted by Gasteiger charge is -2.50. The van der Waals surface area contributed by atoms with E-state index in [0.717, 1.165) is 16.7 Å².